The van der Waals surface area contributed by atoms with Crippen LogP contribution in [-0.2, 0) is 4.74 Å². The maximum absolute atomic E-state index is 5.71. The van der Waals surface area contributed by atoms with Gasteiger partial charge in [0.25, 0.3) is 0 Å². The fraction of sp³-hybridized carbons (Fsp3) is 0.600. The van der Waals surface area contributed by atoms with Gasteiger partial charge in [0, 0.05) is 0 Å². The second-order valence-electron chi connectivity index (χ2n) is 5.08. The van der Waals surface area contributed by atoms with Gasteiger partial charge in [-0.15, -0.1) is 0 Å². The molecule has 2 rings (SSSR count). The summed E-state index contributed by atoms with van der Waals surface area (Å²) in [5.74, 6) is 0. The summed E-state index contributed by atoms with van der Waals surface area (Å²) in [5.41, 5.74) is 6.05. The molecule has 0 heterocycles. The van der Waals surface area contributed by atoms with Gasteiger partial charge in [-0.1, -0.05) is 17.2 Å². The first-order valence-electron chi connectivity index (χ1n) is 6.38. The van der Waals surface area contributed by atoms with Crippen molar-refractivity contribution in [2.75, 3.05) is 6.61 Å². The molecule has 16 heavy (non-hydrogen) atoms. The first-order chi connectivity index (χ1) is 7.75. The predicted molar refractivity (Wildman–Crippen MR) is 68.2 cm³/mol. The van der Waals surface area contributed by atoms with E-state index in [9.17, 15) is 0 Å². The van der Waals surface area contributed by atoms with E-state index in [4.69, 9.17) is 4.74 Å². The SMILES string of the molecule is CC1=CC/C(=C/OCC2=C(C)CCC2)CC1. The molecule has 0 aromatic rings. The summed E-state index contributed by atoms with van der Waals surface area (Å²) < 4.78 is 5.71. The van der Waals surface area contributed by atoms with Crippen molar-refractivity contribution in [2.45, 2.75) is 52.4 Å². The molecule has 0 N–H and O–H groups in total. The van der Waals surface area contributed by atoms with Crippen molar-refractivity contribution < 1.29 is 4.74 Å². The fourth-order valence-electron chi connectivity index (χ4n) is 2.39. The molecular weight excluding hydrogens is 196 g/mol. The van der Waals surface area contributed by atoms with E-state index in [1.807, 2.05) is 6.26 Å². The van der Waals surface area contributed by atoms with Crippen LogP contribution in [0.25, 0.3) is 0 Å². The smallest absolute Gasteiger partial charge is 0.109 e. The van der Waals surface area contributed by atoms with Crippen LogP contribution in [0, 0.1) is 0 Å². The van der Waals surface area contributed by atoms with Crippen LogP contribution in [0.3, 0.4) is 0 Å². The van der Waals surface area contributed by atoms with E-state index in [0.717, 1.165) is 13.0 Å². The van der Waals surface area contributed by atoms with Crippen LogP contribution in [-0.4, -0.2) is 6.61 Å². The number of ether oxygens (including phenoxy) is 1. The Hall–Kier alpha value is -0.980. The first kappa shape index (κ1) is 11.5. The van der Waals surface area contributed by atoms with Crippen LogP contribution in [0.4, 0.5) is 0 Å². The van der Waals surface area contributed by atoms with Gasteiger partial charge in [-0.2, -0.15) is 0 Å². The van der Waals surface area contributed by atoms with Crippen molar-refractivity contribution in [3.63, 3.8) is 0 Å². The molecule has 1 heteroatoms. The number of hydrogen-bond acceptors (Lipinski definition) is 1. The zero-order valence-corrected chi connectivity index (χ0v) is 10.5. The standard InChI is InChI=1S/C15H22O/c1-12-6-8-14(9-7-12)10-16-11-15-5-3-4-13(15)2/h6,10H,3-5,7-9,11H2,1-2H3/b14-10-. The minimum absolute atomic E-state index is 0.817. The second-order valence-corrected chi connectivity index (χ2v) is 5.08. The minimum Gasteiger partial charge on any atom is -0.497 e. The van der Waals surface area contributed by atoms with E-state index in [-0.39, 0.29) is 0 Å². The average molecular weight is 218 g/mol. The molecule has 2 aliphatic carbocycles. The third kappa shape index (κ3) is 3.01. The minimum atomic E-state index is 0.817. The number of hydrogen-bond donors (Lipinski definition) is 0. The maximum atomic E-state index is 5.71. The van der Waals surface area contributed by atoms with Crippen molar-refractivity contribution in [3.8, 4) is 0 Å². The summed E-state index contributed by atoms with van der Waals surface area (Å²) in [6, 6.07) is 0. The van der Waals surface area contributed by atoms with Gasteiger partial charge in [-0.3, -0.25) is 0 Å². The normalized spacial score (nSPS) is 23.9. The first-order valence-corrected chi connectivity index (χ1v) is 6.38. The van der Waals surface area contributed by atoms with Gasteiger partial charge >= 0.3 is 0 Å². The van der Waals surface area contributed by atoms with Gasteiger partial charge in [0.2, 0.25) is 0 Å². The molecule has 0 radical (unpaired) electrons. The van der Waals surface area contributed by atoms with E-state index in [2.05, 4.69) is 19.9 Å². The highest BCUT2D eigenvalue weighted by molar-refractivity contribution is 5.19. The van der Waals surface area contributed by atoms with E-state index >= 15 is 0 Å². The van der Waals surface area contributed by atoms with E-state index in [0.29, 0.717) is 0 Å². The van der Waals surface area contributed by atoms with Crippen LogP contribution < -0.4 is 0 Å². The van der Waals surface area contributed by atoms with Crippen LogP contribution >= 0.6 is 0 Å². The Kier molecular flexibility index (Phi) is 3.87. The molecule has 2 aliphatic rings. The van der Waals surface area contributed by atoms with Crippen LogP contribution in [0.5, 0.6) is 0 Å². The quantitative estimate of drug-likeness (QED) is 0.500. The Morgan fingerprint density at radius 3 is 2.69 bits per heavy atom. The average Bonchev–Trinajstić information content (AvgIpc) is 2.68. The molecule has 0 aromatic heterocycles. The molecule has 0 saturated carbocycles. The molecule has 1 nitrogen and oxygen atoms in total. The highest BCUT2D eigenvalue weighted by Gasteiger charge is 2.10. The fourth-order valence-corrected chi connectivity index (χ4v) is 2.39. The summed E-state index contributed by atoms with van der Waals surface area (Å²) in [6.45, 7) is 5.27. The molecule has 0 aliphatic heterocycles. The Balaban J connectivity index is 1.79. The van der Waals surface area contributed by atoms with Crippen molar-refractivity contribution in [3.05, 3.63) is 34.6 Å². The number of allylic oxidation sites excluding steroid dienone is 4. The Bertz CT molecular complexity index is 344. The maximum Gasteiger partial charge on any atom is 0.109 e. The van der Waals surface area contributed by atoms with Gasteiger partial charge in [-0.05, 0) is 63.5 Å². The van der Waals surface area contributed by atoms with Crippen molar-refractivity contribution in [2.24, 2.45) is 0 Å². The molecular formula is C15H22O. The second kappa shape index (κ2) is 5.38. The van der Waals surface area contributed by atoms with E-state index < -0.39 is 0 Å². The highest BCUT2D eigenvalue weighted by Crippen LogP contribution is 2.26. The largest absolute Gasteiger partial charge is 0.497 e. The van der Waals surface area contributed by atoms with Crippen LogP contribution in [0.1, 0.15) is 52.4 Å². The predicted octanol–water partition coefficient (Wildman–Crippen LogP) is 4.52. The van der Waals surface area contributed by atoms with Crippen molar-refractivity contribution >= 4 is 0 Å². The van der Waals surface area contributed by atoms with E-state index in [1.165, 1.54) is 48.8 Å². The Morgan fingerprint density at radius 2 is 2.06 bits per heavy atom. The lowest BCUT2D eigenvalue weighted by atomic mass is 9.97. The lowest BCUT2D eigenvalue weighted by molar-refractivity contribution is 0.272. The third-order valence-electron chi connectivity index (χ3n) is 3.69. The van der Waals surface area contributed by atoms with E-state index in [1.54, 1.807) is 5.57 Å². The number of rotatable bonds is 3. The van der Waals surface area contributed by atoms with Crippen molar-refractivity contribution in [1.29, 1.82) is 0 Å². The molecule has 0 unspecified atom stereocenters. The summed E-state index contributed by atoms with van der Waals surface area (Å²) in [5, 5.41) is 0. The summed E-state index contributed by atoms with van der Waals surface area (Å²) in [7, 11) is 0. The van der Waals surface area contributed by atoms with Gasteiger partial charge in [-0.25, -0.2) is 0 Å². The van der Waals surface area contributed by atoms with Crippen molar-refractivity contribution in [1.82, 2.24) is 0 Å². The topological polar surface area (TPSA) is 9.23 Å². The summed E-state index contributed by atoms with van der Waals surface area (Å²) in [6.07, 6.45) is 11.6. The van der Waals surface area contributed by atoms with Gasteiger partial charge in [0.15, 0.2) is 0 Å². The lowest BCUT2D eigenvalue weighted by Crippen LogP contribution is -1.96. The highest BCUT2D eigenvalue weighted by atomic mass is 16.5. The molecule has 0 spiro atoms. The van der Waals surface area contributed by atoms with Gasteiger partial charge in [0.05, 0.1) is 6.26 Å². The summed E-state index contributed by atoms with van der Waals surface area (Å²) in [4.78, 5) is 0. The molecule has 0 bridgehead atoms. The lowest BCUT2D eigenvalue weighted by Gasteiger charge is -2.13. The Labute approximate surface area is 98.9 Å². The summed E-state index contributed by atoms with van der Waals surface area (Å²) >= 11 is 0. The zero-order chi connectivity index (χ0) is 11.4. The molecule has 0 fully saturated rings. The molecule has 0 saturated heterocycles. The monoisotopic (exact) mass is 218 g/mol. The molecule has 0 amide bonds. The Morgan fingerprint density at radius 1 is 1.19 bits per heavy atom. The third-order valence-corrected chi connectivity index (χ3v) is 3.69. The van der Waals surface area contributed by atoms with Gasteiger partial charge in [0.1, 0.15) is 6.61 Å². The van der Waals surface area contributed by atoms with Crippen LogP contribution in [0.15, 0.2) is 34.6 Å². The zero-order valence-electron chi connectivity index (χ0n) is 10.5. The molecule has 88 valence electrons. The van der Waals surface area contributed by atoms with Crippen LogP contribution in [0.2, 0.25) is 0 Å². The molecule has 0 atom stereocenters. The van der Waals surface area contributed by atoms with Gasteiger partial charge < -0.3 is 4.74 Å². The molecule has 0 aromatic carbocycles.